The van der Waals surface area contributed by atoms with Gasteiger partial charge in [0.25, 0.3) is 0 Å². The van der Waals surface area contributed by atoms with Gasteiger partial charge < -0.3 is 16.4 Å². The van der Waals surface area contributed by atoms with Gasteiger partial charge in [-0.15, -0.1) is 0 Å². The van der Waals surface area contributed by atoms with Gasteiger partial charge in [-0.25, -0.2) is 4.39 Å². The van der Waals surface area contributed by atoms with Crippen molar-refractivity contribution in [3.8, 4) is 0 Å². The molecule has 2 aromatic rings. The Morgan fingerprint density at radius 1 is 1.19 bits per heavy atom. The molecule has 0 spiro atoms. The Labute approximate surface area is 123 Å². The monoisotopic (exact) mass is 287 g/mol. The second kappa shape index (κ2) is 6.26. The van der Waals surface area contributed by atoms with E-state index in [2.05, 4.69) is 4.90 Å². The maximum Gasteiger partial charge on any atom is 0.248 e. The van der Waals surface area contributed by atoms with Gasteiger partial charge in [-0.05, 0) is 48.9 Å². The first-order chi connectivity index (χ1) is 10.0. The lowest BCUT2D eigenvalue weighted by molar-refractivity contribution is 0.100. The molecule has 1 amide bonds. The summed E-state index contributed by atoms with van der Waals surface area (Å²) in [7, 11) is 0. The zero-order valence-corrected chi connectivity index (χ0v) is 11.8. The number of primary amides is 1. The second-order valence-corrected chi connectivity index (χ2v) is 4.77. The van der Waals surface area contributed by atoms with Gasteiger partial charge in [0.15, 0.2) is 0 Å². The smallest absolute Gasteiger partial charge is 0.248 e. The molecule has 0 fully saturated rings. The van der Waals surface area contributed by atoms with Gasteiger partial charge in [0, 0.05) is 30.0 Å². The summed E-state index contributed by atoms with van der Waals surface area (Å²) in [6, 6.07) is 11.3. The Balaban J connectivity index is 2.22. The molecule has 0 aliphatic heterocycles. The van der Waals surface area contributed by atoms with E-state index in [1.54, 1.807) is 30.3 Å². The summed E-state index contributed by atoms with van der Waals surface area (Å²) in [6.07, 6.45) is 0. The molecule has 2 aromatic carbocycles. The van der Waals surface area contributed by atoms with Crippen LogP contribution in [0.15, 0.2) is 42.5 Å². The molecule has 5 heteroatoms. The highest BCUT2D eigenvalue weighted by molar-refractivity contribution is 5.93. The molecule has 0 aliphatic carbocycles. The van der Waals surface area contributed by atoms with Gasteiger partial charge in [-0.2, -0.15) is 0 Å². The largest absolute Gasteiger partial charge is 0.398 e. The molecule has 4 N–H and O–H groups in total. The fourth-order valence-electron chi connectivity index (χ4n) is 2.14. The van der Waals surface area contributed by atoms with Crippen molar-refractivity contribution in [1.82, 2.24) is 0 Å². The third-order valence-corrected chi connectivity index (χ3v) is 3.37. The van der Waals surface area contributed by atoms with Crippen molar-refractivity contribution in [2.24, 2.45) is 5.73 Å². The minimum atomic E-state index is -0.501. The molecular formula is C16H18FN3O. The highest BCUT2D eigenvalue weighted by Crippen LogP contribution is 2.21. The molecular weight excluding hydrogens is 269 g/mol. The summed E-state index contributed by atoms with van der Waals surface area (Å²) in [4.78, 5) is 13.2. The number of anilines is 2. The summed E-state index contributed by atoms with van der Waals surface area (Å²) in [6.45, 7) is 3.34. The molecule has 0 saturated heterocycles. The van der Waals surface area contributed by atoms with Gasteiger partial charge in [0.2, 0.25) is 5.91 Å². The maximum atomic E-state index is 13.0. The molecule has 0 atom stereocenters. The first kappa shape index (κ1) is 14.8. The van der Waals surface area contributed by atoms with Crippen LogP contribution >= 0.6 is 0 Å². The SMILES string of the molecule is CCN(Cc1ccc(C(N)=O)cc1N)c1ccc(F)cc1. The van der Waals surface area contributed by atoms with Crippen LogP contribution in [0.3, 0.4) is 0 Å². The van der Waals surface area contributed by atoms with Gasteiger partial charge >= 0.3 is 0 Å². The van der Waals surface area contributed by atoms with Gasteiger partial charge in [0.1, 0.15) is 5.82 Å². The van der Waals surface area contributed by atoms with Crippen molar-refractivity contribution in [1.29, 1.82) is 0 Å². The topological polar surface area (TPSA) is 72.3 Å². The molecule has 0 aromatic heterocycles. The Morgan fingerprint density at radius 2 is 1.86 bits per heavy atom. The standard InChI is InChI=1S/C16H18FN3O/c1-2-20(14-7-5-13(17)6-8-14)10-12-4-3-11(16(19)21)9-15(12)18/h3-9H,2,10,18H2,1H3,(H2,19,21). The minimum Gasteiger partial charge on any atom is -0.398 e. The van der Waals surface area contributed by atoms with Crippen LogP contribution in [0, 0.1) is 5.82 Å². The first-order valence-corrected chi connectivity index (χ1v) is 6.70. The first-order valence-electron chi connectivity index (χ1n) is 6.70. The zero-order valence-electron chi connectivity index (χ0n) is 11.8. The number of nitrogens with zero attached hydrogens (tertiary/aromatic N) is 1. The number of rotatable bonds is 5. The Morgan fingerprint density at radius 3 is 2.38 bits per heavy atom. The quantitative estimate of drug-likeness (QED) is 0.830. The predicted molar refractivity (Wildman–Crippen MR) is 82.5 cm³/mol. The summed E-state index contributed by atoms with van der Waals surface area (Å²) in [5, 5.41) is 0. The second-order valence-electron chi connectivity index (χ2n) is 4.77. The molecule has 0 radical (unpaired) electrons. The van der Waals surface area contributed by atoms with E-state index in [1.807, 2.05) is 6.92 Å². The van der Waals surface area contributed by atoms with Crippen molar-refractivity contribution in [2.45, 2.75) is 13.5 Å². The average Bonchev–Trinajstić information content (AvgIpc) is 2.47. The lowest BCUT2D eigenvalue weighted by Gasteiger charge is -2.24. The number of carbonyl (C=O) groups is 1. The van der Waals surface area contributed by atoms with Crippen LogP contribution in [0.2, 0.25) is 0 Å². The van der Waals surface area contributed by atoms with Crippen molar-refractivity contribution in [3.05, 3.63) is 59.4 Å². The number of amides is 1. The normalized spacial score (nSPS) is 10.4. The molecule has 4 nitrogen and oxygen atoms in total. The lowest BCUT2D eigenvalue weighted by atomic mass is 10.1. The lowest BCUT2D eigenvalue weighted by Crippen LogP contribution is -2.23. The zero-order chi connectivity index (χ0) is 15.4. The van der Waals surface area contributed by atoms with E-state index in [-0.39, 0.29) is 5.82 Å². The van der Waals surface area contributed by atoms with E-state index in [9.17, 15) is 9.18 Å². The highest BCUT2D eigenvalue weighted by atomic mass is 19.1. The molecule has 0 heterocycles. The van der Waals surface area contributed by atoms with Crippen LogP contribution in [-0.4, -0.2) is 12.5 Å². The number of benzene rings is 2. The van der Waals surface area contributed by atoms with E-state index in [4.69, 9.17) is 11.5 Å². The Hall–Kier alpha value is -2.56. The van der Waals surface area contributed by atoms with E-state index < -0.39 is 5.91 Å². The fourth-order valence-corrected chi connectivity index (χ4v) is 2.14. The Kier molecular flexibility index (Phi) is 4.42. The van der Waals surface area contributed by atoms with Crippen LogP contribution in [0.5, 0.6) is 0 Å². The number of nitrogen functional groups attached to an aromatic ring is 1. The van der Waals surface area contributed by atoms with Gasteiger partial charge in [-0.1, -0.05) is 6.07 Å². The summed E-state index contributed by atoms with van der Waals surface area (Å²) in [5.41, 5.74) is 13.9. The maximum absolute atomic E-state index is 13.0. The number of halogens is 1. The fraction of sp³-hybridized carbons (Fsp3) is 0.188. The number of hydrogen-bond donors (Lipinski definition) is 2. The van der Waals surface area contributed by atoms with E-state index in [0.717, 1.165) is 17.8 Å². The van der Waals surface area contributed by atoms with Crippen LogP contribution in [-0.2, 0) is 6.54 Å². The van der Waals surface area contributed by atoms with Crippen molar-refractivity contribution in [3.63, 3.8) is 0 Å². The minimum absolute atomic E-state index is 0.264. The summed E-state index contributed by atoms with van der Waals surface area (Å²) in [5.74, 6) is -0.765. The number of carbonyl (C=O) groups excluding carboxylic acids is 1. The summed E-state index contributed by atoms with van der Waals surface area (Å²) >= 11 is 0. The third-order valence-electron chi connectivity index (χ3n) is 3.37. The molecule has 2 rings (SSSR count). The van der Waals surface area contributed by atoms with Crippen LogP contribution in [0.1, 0.15) is 22.8 Å². The highest BCUT2D eigenvalue weighted by Gasteiger charge is 2.10. The van der Waals surface area contributed by atoms with Crippen molar-refractivity contribution < 1.29 is 9.18 Å². The molecule has 21 heavy (non-hydrogen) atoms. The van der Waals surface area contributed by atoms with Crippen LogP contribution < -0.4 is 16.4 Å². The Bertz CT molecular complexity index is 640. The number of nitrogens with two attached hydrogens (primary N) is 2. The molecule has 110 valence electrons. The van der Waals surface area contributed by atoms with Crippen molar-refractivity contribution >= 4 is 17.3 Å². The predicted octanol–water partition coefficient (Wildman–Crippen LogP) is 2.53. The van der Waals surface area contributed by atoms with E-state index in [0.29, 0.717) is 17.8 Å². The van der Waals surface area contributed by atoms with Crippen molar-refractivity contribution in [2.75, 3.05) is 17.2 Å². The molecule has 0 aliphatic rings. The number of hydrogen-bond acceptors (Lipinski definition) is 3. The van der Waals surface area contributed by atoms with Crippen LogP contribution in [0.4, 0.5) is 15.8 Å². The van der Waals surface area contributed by atoms with Gasteiger partial charge in [-0.3, -0.25) is 4.79 Å². The molecule has 0 bridgehead atoms. The molecule has 0 unspecified atom stereocenters. The summed E-state index contributed by atoms with van der Waals surface area (Å²) < 4.78 is 13.0. The third kappa shape index (κ3) is 3.51. The van der Waals surface area contributed by atoms with E-state index in [1.165, 1.54) is 12.1 Å². The van der Waals surface area contributed by atoms with Gasteiger partial charge in [0.05, 0.1) is 0 Å². The average molecular weight is 287 g/mol. The van der Waals surface area contributed by atoms with E-state index >= 15 is 0 Å². The molecule has 0 saturated carbocycles. The van der Waals surface area contributed by atoms with Crippen LogP contribution in [0.25, 0.3) is 0 Å².